The topological polar surface area (TPSA) is 32.9 Å². The fourth-order valence-electron chi connectivity index (χ4n) is 0.655. The predicted molar refractivity (Wildman–Crippen MR) is 49.7 cm³/mol. The zero-order chi connectivity index (χ0) is 9.30. The van der Waals surface area contributed by atoms with E-state index < -0.39 is 12.0 Å². The van der Waals surface area contributed by atoms with Gasteiger partial charge in [-0.05, 0) is 22.6 Å². The lowest BCUT2D eigenvalue weighted by atomic mass is 10.3. The van der Waals surface area contributed by atoms with Crippen LogP contribution in [0.1, 0.15) is 12.0 Å². The van der Waals surface area contributed by atoms with Gasteiger partial charge in [0.1, 0.15) is 5.02 Å². The number of nitrogens with one attached hydrogen (secondary N) is 1. The van der Waals surface area contributed by atoms with E-state index in [1.54, 1.807) is 22.6 Å². The van der Waals surface area contributed by atoms with Crippen molar-refractivity contribution in [1.29, 1.82) is 0 Å². The molecule has 0 aliphatic heterocycles. The van der Waals surface area contributed by atoms with Gasteiger partial charge in [0, 0.05) is 15.3 Å². The molecule has 12 heavy (non-hydrogen) atoms. The molecule has 0 radical (unpaired) electrons. The molecule has 0 amide bonds. The lowest BCUT2D eigenvalue weighted by Crippen LogP contribution is -2.09. The van der Waals surface area contributed by atoms with Gasteiger partial charge in [0.15, 0.2) is 0 Å². The van der Waals surface area contributed by atoms with Crippen LogP contribution in [-0.2, 0) is 0 Å². The molecule has 6 heteroatoms. The Morgan fingerprint density at radius 1 is 1.58 bits per heavy atom. The van der Waals surface area contributed by atoms with Crippen molar-refractivity contribution < 1.29 is 8.78 Å². The standard InChI is InChI=1S/C6H3ClF2INO/c7-3-4(10)2(5(8)9)1-11-6(3)12/h1,5H,(H,11,12). The van der Waals surface area contributed by atoms with Gasteiger partial charge in [0.2, 0.25) is 0 Å². The molecule has 0 atom stereocenters. The average Bonchev–Trinajstić information content (AvgIpc) is 2.00. The van der Waals surface area contributed by atoms with E-state index in [9.17, 15) is 13.6 Å². The van der Waals surface area contributed by atoms with Crippen molar-refractivity contribution in [3.63, 3.8) is 0 Å². The van der Waals surface area contributed by atoms with Crippen LogP contribution in [0.3, 0.4) is 0 Å². The van der Waals surface area contributed by atoms with Gasteiger partial charge in [0.25, 0.3) is 12.0 Å². The van der Waals surface area contributed by atoms with Crippen LogP contribution in [0.25, 0.3) is 0 Å². The van der Waals surface area contributed by atoms with Gasteiger partial charge in [-0.25, -0.2) is 8.78 Å². The van der Waals surface area contributed by atoms with E-state index in [2.05, 4.69) is 4.98 Å². The van der Waals surface area contributed by atoms with Crippen LogP contribution in [-0.4, -0.2) is 4.98 Å². The molecule has 0 unspecified atom stereocenters. The SMILES string of the molecule is O=c1[nH]cc(C(F)F)c(I)c1Cl. The number of aromatic amines is 1. The van der Waals surface area contributed by atoms with Crippen molar-refractivity contribution in [3.05, 3.63) is 30.7 Å². The lowest BCUT2D eigenvalue weighted by Gasteiger charge is -2.02. The molecule has 1 heterocycles. The Morgan fingerprint density at radius 3 is 2.67 bits per heavy atom. The number of aromatic nitrogens is 1. The number of hydrogen-bond donors (Lipinski definition) is 1. The lowest BCUT2D eigenvalue weighted by molar-refractivity contribution is 0.150. The molecule has 1 N–H and O–H groups in total. The number of hydrogen-bond acceptors (Lipinski definition) is 1. The first-order chi connectivity index (χ1) is 5.54. The highest BCUT2D eigenvalue weighted by molar-refractivity contribution is 14.1. The summed E-state index contributed by atoms with van der Waals surface area (Å²) in [6.07, 6.45) is -1.65. The minimum Gasteiger partial charge on any atom is -0.327 e. The Labute approximate surface area is 85.1 Å². The molecule has 0 spiro atoms. The van der Waals surface area contributed by atoms with Gasteiger partial charge in [0.05, 0.1) is 0 Å². The maximum absolute atomic E-state index is 12.2. The third-order valence-electron chi connectivity index (χ3n) is 1.24. The summed E-state index contributed by atoms with van der Waals surface area (Å²) in [6.45, 7) is 0. The summed E-state index contributed by atoms with van der Waals surface area (Å²) >= 11 is 7.06. The van der Waals surface area contributed by atoms with E-state index in [0.29, 0.717) is 0 Å². The molecule has 0 saturated heterocycles. The second-order valence-electron chi connectivity index (χ2n) is 2.00. The van der Waals surface area contributed by atoms with Crippen molar-refractivity contribution >= 4 is 34.2 Å². The summed E-state index contributed by atoms with van der Waals surface area (Å²) in [5, 5.41) is -0.187. The highest BCUT2D eigenvalue weighted by Gasteiger charge is 2.15. The molecule has 0 aliphatic carbocycles. The monoisotopic (exact) mass is 305 g/mol. The molecule has 2 nitrogen and oxygen atoms in total. The van der Waals surface area contributed by atoms with E-state index >= 15 is 0 Å². The highest BCUT2D eigenvalue weighted by Crippen LogP contribution is 2.26. The molecule has 1 rings (SSSR count). The van der Waals surface area contributed by atoms with Crippen LogP contribution in [0.2, 0.25) is 5.02 Å². The normalized spacial score (nSPS) is 10.8. The third-order valence-corrected chi connectivity index (χ3v) is 3.08. The second kappa shape index (κ2) is 3.69. The third kappa shape index (κ3) is 1.77. The second-order valence-corrected chi connectivity index (χ2v) is 3.46. The maximum atomic E-state index is 12.2. The largest absolute Gasteiger partial charge is 0.327 e. The summed E-state index contributed by atoms with van der Waals surface area (Å²) in [7, 11) is 0. The summed E-state index contributed by atoms with van der Waals surface area (Å²) in [6, 6.07) is 0. The van der Waals surface area contributed by atoms with Crippen LogP contribution in [0.5, 0.6) is 0 Å². The van der Waals surface area contributed by atoms with E-state index in [1.807, 2.05) is 0 Å². The highest BCUT2D eigenvalue weighted by atomic mass is 127. The quantitative estimate of drug-likeness (QED) is 0.795. The summed E-state index contributed by atoms with van der Waals surface area (Å²) in [4.78, 5) is 12.9. The van der Waals surface area contributed by atoms with Crippen molar-refractivity contribution in [2.24, 2.45) is 0 Å². The Balaban J connectivity index is 3.36. The van der Waals surface area contributed by atoms with Gasteiger partial charge >= 0.3 is 0 Å². The van der Waals surface area contributed by atoms with Crippen LogP contribution in [0.4, 0.5) is 8.78 Å². The summed E-state index contributed by atoms with van der Waals surface area (Å²) < 4.78 is 24.4. The fraction of sp³-hybridized carbons (Fsp3) is 0.167. The molecule has 0 saturated carbocycles. The first-order valence-electron chi connectivity index (χ1n) is 2.88. The van der Waals surface area contributed by atoms with Crippen LogP contribution in [0.15, 0.2) is 11.0 Å². The molecule has 1 aromatic heterocycles. The van der Waals surface area contributed by atoms with Gasteiger partial charge < -0.3 is 4.98 Å². The van der Waals surface area contributed by atoms with Crippen molar-refractivity contribution in [2.75, 3.05) is 0 Å². The molecular weight excluding hydrogens is 302 g/mol. The zero-order valence-corrected chi connectivity index (χ0v) is 8.49. The van der Waals surface area contributed by atoms with Crippen molar-refractivity contribution in [2.45, 2.75) is 6.43 Å². The molecular formula is C6H3ClF2INO. The molecule has 0 fully saturated rings. The van der Waals surface area contributed by atoms with Gasteiger partial charge in [-0.2, -0.15) is 0 Å². The number of pyridine rings is 1. The van der Waals surface area contributed by atoms with Crippen LogP contribution in [0, 0.1) is 3.57 Å². The average molecular weight is 305 g/mol. The summed E-state index contributed by atoms with van der Waals surface area (Å²) in [5.41, 5.74) is -0.800. The predicted octanol–water partition coefficient (Wildman–Crippen LogP) is 2.57. The Hall–Kier alpha value is -0.170. The number of rotatable bonds is 1. The van der Waals surface area contributed by atoms with Crippen LogP contribution < -0.4 is 5.56 Å². The van der Waals surface area contributed by atoms with Gasteiger partial charge in [-0.3, -0.25) is 4.79 Å². The van der Waals surface area contributed by atoms with Crippen molar-refractivity contribution in [3.8, 4) is 0 Å². The van der Waals surface area contributed by atoms with Gasteiger partial charge in [-0.15, -0.1) is 0 Å². The van der Waals surface area contributed by atoms with Crippen LogP contribution >= 0.6 is 34.2 Å². The van der Waals surface area contributed by atoms with E-state index in [0.717, 1.165) is 6.20 Å². The zero-order valence-electron chi connectivity index (χ0n) is 5.57. The van der Waals surface area contributed by atoms with E-state index in [1.165, 1.54) is 0 Å². The Bertz CT molecular complexity index is 352. The van der Waals surface area contributed by atoms with Crippen molar-refractivity contribution in [1.82, 2.24) is 4.98 Å². The van der Waals surface area contributed by atoms with E-state index in [-0.39, 0.29) is 14.2 Å². The smallest absolute Gasteiger partial charge is 0.267 e. The number of halogens is 4. The minimum absolute atomic E-state index is 0.105. The Morgan fingerprint density at radius 2 is 2.17 bits per heavy atom. The first kappa shape index (κ1) is 9.91. The molecule has 1 aromatic rings. The minimum atomic E-state index is -2.62. The number of H-pyrrole nitrogens is 1. The number of alkyl halides is 2. The molecule has 0 aliphatic rings. The van der Waals surface area contributed by atoms with E-state index in [4.69, 9.17) is 11.6 Å². The first-order valence-corrected chi connectivity index (χ1v) is 4.34. The van der Waals surface area contributed by atoms with Gasteiger partial charge in [-0.1, -0.05) is 11.6 Å². The molecule has 66 valence electrons. The maximum Gasteiger partial charge on any atom is 0.267 e. The molecule has 0 bridgehead atoms. The fourth-order valence-corrected chi connectivity index (χ4v) is 1.45. The molecule has 0 aromatic carbocycles. The Kier molecular flexibility index (Phi) is 3.05. The summed E-state index contributed by atoms with van der Waals surface area (Å²) in [5.74, 6) is 0.